The molecule has 0 unspecified atom stereocenters. The summed E-state index contributed by atoms with van der Waals surface area (Å²) in [6.07, 6.45) is 4.18. The van der Waals surface area contributed by atoms with Gasteiger partial charge in [-0.2, -0.15) is 15.1 Å². The summed E-state index contributed by atoms with van der Waals surface area (Å²) in [5.41, 5.74) is 2.64. The van der Waals surface area contributed by atoms with Gasteiger partial charge in [0, 0.05) is 62.2 Å². The molecule has 4 aromatic rings. The summed E-state index contributed by atoms with van der Waals surface area (Å²) in [6, 6.07) is 11.6. The van der Waals surface area contributed by atoms with Gasteiger partial charge >= 0.3 is 0 Å². The number of aromatic nitrogens is 6. The zero-order valence-electron chi connectivity index (χ0n) is 18.7. The maximum Gasteiger partial charge on any atom is 0.227 e. The smallest absolute Gasteiger partial charge is 0.227 e. The Morgan fingerprint density at radius 2 is 1.94 bits per heavy atom. The van der Waals surface area contributed by atoms with Crippen LogP contribution in [0.3, 0.4) is 0 Å². The molecule has 5 heterocycles. The van der Waals surface area contributed by atoms with E-state index in [9.17, 15) is 0 Å². The third-order valence-corrected chi connectivity index (χ3v) is 5.93. The average molecular weight is 459 g/mol. The SMILES string of the molecule is c1ccc(-c2cc(CNc3nc(Nc4cc(C5CC5)[nH]n4)cc(N4CCNCC4)n3)on2)nc1. The van der Waals surface area contributed by atoms with Crippen molar-refractivity contribution in [2.45, 2.75) is 25.3 Å². The van der Waals surface area contributed by atoms with Crippen LogP contribution in [0, 0.1) is 0 Å². The first-order valence-corrected chi connectivity index (χ1v) is 11.6. The van der Waals surface area contributed by atoms with Crippen LogP contribution in [0.4, 0.5) is 23.4 Å². The lowest BCUT2D eigenvalue weighted by molar-refractivity contribution is 0.389. The van der Waals surface area contributed by atoms with Gasteiger partial charge in [0.25, 0.3) is 0 Å². The van der Waals surface area contributed by atoms with Crippen molar-refractivity contribution in [3.8, 4) is 11.4 Å². The van der Waals surface area contributed by atoms with E-state index in [0.29, 0.717) is 35.7 Å². The highest BCUT2D eigenvalue weighted by atomic mass is 16.5. The summed E-state index contributed by atoms with van der Waals surface area (Å²) in [7, 11) is 0. The standard InChI is InChI=1S/C23H26N10O/c1-2-6-25-17(3-1)19-11-16(34-32-19)14-26-23-28-20(13-22(29-23)33-9-7-24-8-10-33)27-21-12-18(30-31-21)15-4-5-15/h1-3,6,11-13,15,24H,4-5,7-10,14H2,(H3,26,27,28,29,30,31). The molecule has 34 heavy (non-hydrogen) atoms. The number of anilines is 4. The Hall–Kier alpha value is -3.99. The fourth-order valence-corrected chi connectivity index (χ4v) is 3.97. The number of aromatic amines is 1. The van der Waals surface area contributed by atoms with Gasteiger partial charge in [-0.15, -0.1) is 0 Å². The molecule has 11 nitrogen and oxygen atoms in total. The Labute approximate surface area is 196 Å². The Kier molecular flexibility index (Phi) is 5.52. The second-order valence-electron chi connectivity index (χ2n) is 8.53. The molecule has 11 heteroatoms. The second-order valence-corrected chi connectivity index (χ2v) is 8.53. The van der Waals surface area contributed by atoms with Crippen molar-refractivity contribution in [3.05, 3.63) is 54.0 Å². The van der Waals surface area contributed by atoms with Gasteiger partial charge in [-0.1, -0.05) is 11.2 Å². The molecule has 174 valence electrons. The average Bonchev–Trinajstić information content (AvgIpc) is 3.44. The van der Waals surface area contributed by atoms with Crippen molar-refractivity contribution < 1.29 is 4.52 Å². The largest absolute Gasteiger partial charge is 0.359 e. The summed E-state index contributed by atoms with van der Waals surface area (Å²) in [5.74, 6) is 4.10. The molecule has 0 spiro atoms. The number of nitrogens with zero attached hydrogens (tertiary/aromatic N) is 6. The van der Waals surface area contributed by atoms with Crippen LogP contribution in [0.1, 0.15) is 30.2 Å². The van der Waals surface area contributed by atoms with E-state index in [4.69, 9.17) is 9.51 Å². The first-order chi connectivity index (χ1) is 16.8. The highest BCUT2D eigenvalue weighted by Gasteiger charge is 2.25. The van der Waals surface area contributed by atoms with Crippen LogP contribution >= 0.6 is 0 Å². The maximum absolute atomic E-state index is 5.49. The number of H-pyrrole nitrogens is 1. The Balaban J connectivity index is 1.20. The van der Waals surface area contributed by atoms with Crippen LogP contribution in [0.25, 0.3) is 11.4 Å². The van der Waals surface area contributed by atoms with Crippen LogP contribution in [-0.4, -0.2) is 56.5 Å². The van der Waals surface area contributed by atoms with Gasteiger partial charge in [0.2, 0.25) is 5.95 Å². The van der Waals surface area contributed by atoms with E-state index < -0.39 is 0 Å². The van der Waals surface area contributed by atoms with Gasteiger partial charge in [0.05, 0.1) is 12.2 Å². The lowest BCUT2D eigenvalue weighted by atomic mass is 10.2. The molecule has 6 rings (SSSR count). The lowest BCUT2D eigenvalue weighted by Crippen LogP contribution is -2.44. The van der Waals surface area contributed by atoms with Crippen LogP contribution in [0.15, 0.2) is 47.1 Å². The molecule has 0 aromatic carbocycles. The van der Waals surface area contributed by atoms with E-state index >= 15 is 0 Å². The minimum atomic E-state index is 0.401. The predicted octanol–water partition coefficient (Wildman–Crippen LogP) is 2.89. The first kappa shape index (κ1) is 20.6. The maximum atomic E-state index is 5.49. The summed E-state index contributed by atoms with van der Waals surface area (Å²) < 4.78 is 5.49. The van der Waals surface area contributed by atoms with Crippen molar-refractivity contribution in [1.29, 1.82) is 0 Å². The van der Waals surface area contributed by atoms with Gasteiger partial charge in [0.1, 0.15) is 17.3 Å². The predicted molar refractivity (Wildman–Crippen MR) is 128 cm³/mol. The molecule has 2 aliphatic rings. The van der Waals surface area contributed by atoms with Crippen LogP contribution < -0.4 is 20.9 Å². The molecular formula is C23H26N10O. The molecule has 0 bridgehead atoms. The first-order valence-electron chi connectivity index (χ1n) is 11.6. The molecule has 4 aromatic heterocycles. The lowest BCUT2D eigenvalue weighted by Gasteiger charge is -2.28. The number of hydrogen-bond donors (Lipinski definition) is 4. The van der Waals surface area contributed by atoms with E-state index in [2.05, 4.69) is 52.2 Å². The van der Waals surface area contributed by atoms with Gasteiger partial charge < -0.3 is 25.4 Å². The zero-order chi connectivity index (χ0) is 22.7. The minimum Gasteiger partial charge on any atom is -0.359 e. The van der Waals surface area contributed by atoms with Crippen LogP contribution in [0.2, 0.25) is 0 Å². The number of nitrogens with one attached hydrogen (secondary N) is 4. The Morgan fingerprint density at radius 1 is 1.03 bits per heavy atom. The highest BCUT2D eigenvalue weighted by molar-refractivity contribution is 5.60. The zero-order valence-corrected chi connectivity index (χ0v) is 18.7. The van der Waals surface area contributed by atoms with Crippen molar-refractivity contribution >= 4 is 23.4 Å². The number of piperazine rings is 1. The summed E-state index contributed by atoms with van der Waals surface area (Å²) in [6.45, 7) is 4.03. The van der Waals surface area contributed by atoms with E-state index in [0.717, 1.165) is 43.5 Å². The van der Waals surface area contributed by atoms with Crippen molar-refractivity contribution in [2.75, 3.05) is 41.7 Å². The van der Waals surface area contributed by atoms with Crippen LogP contribution in [0.5, 0.6) is 0 Å². The monoisotopic (exact) mass is 458 g/mol. The molecule has 2 fully saturated rings. The van der Waals surface area contributed by atoms with Crippen molar-refractivity contribution in [2.24, 2.45) is 0 Å². The van der Waals surface area contributed by atoms with Gasteiger partial charge in [-0.05, 0) is 25.0 Å². The van der Waals surface area contributed by atoms with Crippen molar-refractivity contribution in [1.82, 2.24) is 35.6 Å². The molecular weight excluding hydrogens is 432 g/mol. The Bertz CT molecular complexity index is 1240. The molecule has 1 saturated heterocycles. The van der Waals surface area contributed by atoms with Gasteiger partial charge in [0.15, 0.2) is 11.6 Å². The second kappa shape index (κ2) is 9.10. The fraction of sp³-hybridized carbons (Fsp3) is 0.348. The number of hydrogen-bond acceptors (Lipinski definition) is 10. The Morgan fingerprint density at radius 3 is 2.76 bits per heavy atom. The molecule has 0 radical (unpaired) electrons. The van der Waals surface area contributed by atoms with Gasteiger partial charge in [-0.3, -0.25) is 10.1 Å². The quantitative estimate of drug-likeness (QED) is 0.312. The molecule has 1 saturated carbocycles. The molecule has 0 atom stereocenters. The molecule has 1 aliphatic heterocycles. The molecule has 4 N–H and O–H groups in total. The van der Waals surface area contributed by atoms with E-state index in [1.54, 1.807) is 6.20 Å². The topological polar surface area (TPSA) is 133 Å². The van der Waals surface area contributed by atoms with Crippen molar-refractivity contribution in [3.63, 3.8) is 0 Å². The minimum absolute atomic E-state index is 0.401. The normalized spacial score (nSPS) is 15.9. The molecule has 0 amide bonds. The van der Waals surface area contributed by atoms with Crippen LogP contribution in [-0.2, 0) is 6.54 Å². The third-order valence-electron chi connectivity index (χ3n) is 5.93. The van der Waals surface area contributed by atoms with E-state index in [1.165, 1.54) is 18.5 Å². The summed E-state index contributed by atoms with van der Waals surface area (Å²) >= 11 is 0. The van der Waals surface area contributed by atoms with Gasteiger partial charge in [-0.25, -0.2) is 0 Å². The third kappa shape index (κ3) is 4.69. The van der Waals surface area contributed by atoms with E-state index in [-0.39, 0.29) is 0 Å². The highest BCUT2D eigenvalue weighted by Crippen LogP contribution is 2.39. The summed E-state index contributed by atoms with van der Waals surface area (Å²) in [5, 5.41) is 21.6. The molecule has 1 aliphatic carbocycles. The fourth-order valence-electron chi connectivity index (χ4n) is 3.97. The summed E-state index contributed by atoms with van der Waals surface area (Å²) in [4.78, 5) is 16.0. The number of rotatable bonds is 8. The number of pyridine rings is 1. The van der Waals surface area contributed by atoms with E-state index in [1.807, 2.05) is 30.3 Å².